The Kier molecular flexibility index (Phi) is 5.55. The minimum atomic E-state index is -0.397. The number of hydrogen-bond acceptors (Lipinski definition) is 3. The fraction of sp³-hybridized carbons (Fsp3) is 0.529. The molecule has 2 rings (SSSR count). The molecule has 0 unspecified atom stereocenters. The molecule has 0 aromatic heterocycles. The van der Waals surface area contributed by atoms with E-state index in [4.69, 9.17) is 4.74 Å². The Bertz CT molecular complexity index is 549. The van der Waals surface area contributed by atoms with Crippen molar-refractivity contribution in [2.75, 3.05) is 32.1 Å². The molecule has 5 heteroatoms. The van der Waals surface area contributed by atoms with Crippen LogP contribution in [0.1, 0.15) is 35.7 Å². The van der Waals surface area contributed by atoms with Gasteiger partial charge in [-0.25, -0.2) is 4.79 Å². The first-order valence-corrected chi connectivity index (χ1v) is 7.82. The number of piperidine rings is 1. The molecule has 0 radical (unpaired) electrons. The number of aryl methyl sites for hydroxylation is 1. The Morgan fingerprint density at radius 3 is 2.64 bits per heavy atom. The molecule has 2 N–H and O–H groups in total. The van der Waals surface area contributed by atoms with Crippen molar-refractivity contribution in [3.8, 4) is 0 Å². The quantitative estimate of drug-likeness (QED) is 0.817. The summed E-state index contributed by atoms with van der Waals surface area (Å²) in [6, 6.07) is 5.19. The summed E-state index contributed by atoms with van der Waals surface area (Å²) >= 11 is 0. The van der Waals surface area contributed by atoms with E-state index < -0.39 is 5.97 Å². The van der Waals surface area contributed by atoms with Gasteiger partial charge in [-0.1, -0.05) is 13.0 Å². The van der Waals surface area contributed by atoms with Crippen LogP contribution < -0.4 is 10.2 Å². The third kappa shape index (κ3) is 4.31. The van der Waals surface area contributed by atoms with Crippen LogP contribution >= 0.6 is 0 Å². The number of likely N-dealkylation sites (tertiary alicyclic amines) is 1. The predicted molar refractivity (Wildman–Crippen MR) is 85.1 cm³/mol. The van der Waals surface area contributed by atoms with E-state index in [1.807, 2.05) is 13.0 Å². The number of anilines is 1. The Hall–Kier alpha value is -1.88. The SMILES string of the molecule is COC(=O)c1ccc(C)c(NC(=O)C[NH+]2CCC(C)CC2)c1. The molecule has 120 valence electrons. The first-order chi connectivity index (χ1) is 10.5. The summed E-state index contributed by atoms with van der Waals surface area (Å²) in [7, 11) is 1.35. The zero-order valence-corrected chi connectivity index (χ0v) is 13.6. The molecule has 1 heterocycles. The number of amides is 1. The zero-order valence-electron chi connectivity index (χ0n) is 13.6. The smallest absolute Gasteiger partial charge is 0.337 e. The number of hydrogen-bond donors (Lipinski definition) is 2. The maximum absolute atomic E-state index is 12.2. The van der Waals surface area contributed by atoms with E-state index in [0.29, 0.717) is 17.8 Å². The highest BCUT2D eigenvalue weighted by atomic mass is 16.5. The molecule has 22 heavy (non-hydrogen) atoms. The molecular weight excluding hydrogens is 280 g/mol. The van der Waals surface area contributed by atoms with Crippen LogP contribution in [0.2, 0.25) is 0 Å². The van der Waals surface area contributed by atoms with E-state index in [2.05, 4.69) is 12.2 Å². The summed E-state index contributed by atoms with van der Waals surface area (Å²) in [6.45, 7) is 6.75. The van der Waals surface area contributed by atoms with Gasteiger partial charge in [0.2, 0.25) is 0 Å². The number of ether oxygens (including phenoxy) is 1. The van der Waals surface area contributed by atoms with Gasteiger partial charge in [0.05, 0.1) is 25.8 Å². The summed E-state index contributed by atoms with van der Waals surface area (Å²) in [4.78, 5) is 25.1. The molecule has 1 aromatic carbocycles. The van der Waals surface area contributed by atoms with Crippen molar-refractivity contribution < 1.29 is 19.2 Å². The lowest BCUT2D eigenvalue weighted by molar-refractivity contribution is -0.897. The number of carbonyl (C=O) groups excluding carboxylic acids is 2. The van der Waals surface area contributed by atoms with Gasteiger partial charge < -0.3 is 15.0 Å². The highest BCUT2D eigenvalue weighted by molar-refractivity contribution is 5.95. The summed E-state index contributed by atoms with van der Waals surface area (Å²) in [5.41, 5.74) is 2.06. The topological polar surface area (TPSA) is 59.8 Å². The van der Waals surface area contributed by atoms with E-state index in [-0.39, 0.29) is 5.91 Å². The molecule has 0 aliphatic carbocycles. The fourth-order valence-corrected chi connectivity index (χ4v) is 2.77. The van der Waals surface area contributed by atoms with Gasteiger partial charge in [0, 0.05) is 5.69 Å². The van der Waals surface area contributed by atoms with Crippen molar-refractivity contribution in [2.24, 2.45) is 5.92 Å². The molecule has 1 aliphatic heterocycles. The van der Waals surface area contributed by atoms with Gasteiger partial charge in [-0.15, -0.1) is 0 Å². The standard InChI is InChI=1S/C17H24N2O3/c1-12-6-8-19(9-7-12)11-16(20)18-15-10-14(17(21)22-3)5-4-13(15)2/h4-5,10,12H,6-9,11H2,1-3H3,(H,18,20)/p+1. The van der Waals surface area contributed by atoms with Gasteiger partial charge in [0.25, 0.3) is 5.91 Å². The van der Waals surface area contributed by atoms with Gasteiger partial charge in [0.1, 0.15) is 0 Å². The lowest BCUT2D eigenvalue weighted by Gasteiger charge is -2.26. The number of methoxy groups -OCH3 is 1. The van der Waals surface area contributed by atoms with Crippen LogP contribution in [0.25, 0.3) is 0 Å². The molecule has 1 saturated heterocycles. The van der Waals surface area contributed by atoms with E-state index in [9.17, 15) is 9.59 Å². The molecule has 0 atom stereocenters. The molecule has 0 spiro atoms. The van der Waals surface area contributed by atoms with Gasteiger partial charge in [-0.05, 0) is 43.4 Å². The number of esters is 1. The highest BCUT2D eigenvalue weighted by Gasteiger charge is 2.21. The second kappa shape index (κ2) is 7.40. The number of benzene rings is 1. The number of quaternary nitrogens is 1. The molecule has 5 nitrogen and oxygen atoms in total. The third-order valence-electron chi connectivity index (χ3n) is 4.32. The van der Waals surface area contributed by atoms with Gasteiger partial charge in [0.15, 0.2) is 6.54 Å². The normalized spacial score (nSPS) is 21.2. The maximum Gasteiger partial charge on any atom is 0.337 e. The molecule has 1 fully saturated rings. The first-order valence-electron chi connectivity index (χ1n) is 7.82. The first kappa shape index (κ1) is 16.5. The molecule has 0 saturated carbocycles. The number of nitrogens with one attached hydrogen (secondary N) is 2. The van der Waals surface area contributed by atoms with E-state index in [1.54, 1.807) is 12.1 Å². The van der Waals surface area contributed by atoms with E-state index in [1.165, 1.54) is 24.9 Å². The Morgan fingerprint density at radius 1 is 1.32 bits per heavy atom. The van der Waals surface area contributed by atoms with Crippen molar-refractivity contribution in [3.05, 3.63) is 29.3 Å². The van der Waals surface area contributed by atoms with Crippen LogP contribution in [-0.4, -0.2) is 38.6 Å². The highest BCUT2D eigenvalue weighted by Crippen LogP contribution is 2.17. The minimum absolute atomic E-state index is 0.00494. The largest absolute Gasteiger partial charge is 0.465 e. The second-order valence-corrected chi connectivity index (χ2v) is 6.18. The average molecular weight is 305 g/mol. The Labute approximate surface area is 131 Å². The van der Waals surface area contributed by atoms with Crippen LogP contribution in [0.5, 0.6) is 0 Å². The minimum Gasteiger partial charge on any atom is -0.465 e. The van der Waals surface area contributed by atoms with Crippen LogP contribution in [0, 0.1) is 12.8 Å². The third-order valence-corrected chi connectivity index (χ3v) is 4.32. The van der Waals surface area contributed by atoms with Crippen molar-refractivity contribution in [1.82, 2.24) is 0 Å². The monoisotopic (exact) mass is 305 g/mol. The lowest BCUT2D eigenvalue weighted by Crippen LogP contribution is -3.14. The van der Waals surface area contributed by atoms with Gasteiger partial charge in [-0.3, -0.25) is 4.79 Å². The van der Waals surface area contributed by atoms with Gasteiger partial charge >= 0.3 is 5.97 Å². The Balaban J connectivity index is 1.97. The zero-order chi connectivity index (χ0) is 16.1. The summed E-state index contributed by atoms with van der Waals surface area (Å²) in [5, 5.41) is 2.92. The van der Waals surface area contributed by atoms with E-state index >= 15 is 0 Å². The van der Waals surface area contributed by atoms with Gasteiger partial charge in [-0.2, -0.15) is 0 Å². The molecule has 1 aromatic rings. The molecule has 0 bridgehead atoms. The van der Waals surface area contributed by atoms with Crippen LogP contribution in [0.4, 0.5) is 5.69 Å². The summed E-state index contributed by atoms with van der Waals surface area (Å²) in [6.07, 6.45) is 2.36. The molecule has 1 amide bonds. The van der Waals surface area contributed by atoms with Crippen molar-refractivity contribution >= 4 is 17.6 Å². The van der Waals surface area contributed by atoms with Crippen LogP contribution in [-0.2, 0) is 9.53 Å². The van der Waals surface area contributed by atoms with Crippen LogP contribution in [0.15, 0.2) is 18.2 Å². The Morgan fingerprint density at radius 2 is 2.00 bits per heavy atom. The van der Waals surface area contributed by atoms with Crippen molar-refractivity contribution in [3.63, 3.8) is 0 Å². The predicted octanol–water partition coefficient (Wildman–Crippen LogP) is 1.03. The second-order valence-electron chi connectivity index (χ2n) is 6.18. The van der Waals surface area contributed by atoms with Crippen molar-refractivity contribution in [1.29, 1.82) is 0 Å². The number of carbonyl (C=O) groups is 2. The lowest BCUT2D eigenvalue weighted by atomic mass is 9.99. The molecular formula is C17H25N2O3+. The fourth-order valence-electron chi connectivity index (χ4n) is 2.77. The van der Waals surface area contributed by atoms with Crippen LogP contribution in [0.3, 0.4) is 0 Å². The van der Waals surface area contributed by atoms with E-state index in [0.717, 1.165) is 24.6 Å². The maximum atomic E-state index is 12.2. The number of rotatable bonds is 4. The van der Waals surface area contributed by atoms with Crippen molar-refractivity contribution in [2.45, 2.75) is 26.7 Å². The summed E-state index contributed by atoms with van der Waals surface area (Å²) in [5.74, 6) is 0.367. The average Bonchev–Trinajstić information content (AvgIpc) is 2.51. The summed E-state index contributed by atoms with van der Waals surface area (Å²) < 4.78 is 4.71. The molecule has 1 aliphatic rings.